The van der Waals surface area contributed by atoms with Crippen LogP contribution in [0.1, 0.15) is 18.7 Å². The molecule has 1 atom stereocenters. The van der Waals surface area contributed by atoms with Gasteiger partial charge in [0.25, 0.3) is 6.43 Å². The number of anilines is 1. The molecule has 3 heterocycles. The third-order valence-corrected chi connectivity index (χ3v) is 6.28. The van der Waals surface area contributed by atoms with Gasteiger partial charge in [0.05, 0.1) is 29.6 Å². The molecule has 0 radical (unpaired) electrons. The smallest absolute Gasteiger partial charge is 0.279 e. The molecule has 1 fully saturated rings. The Morgan fingerprint density at radius 2 is 2.17 bits per heavy atom. The number of hydrogen-bond acceptors (Lipinski definition) is 7. The number of H-pyrrole nitrogens is 1. The minimum Gasteiger partial charge on any atom is -0.355 e. The summed E-state index contributed by atoms with van der Waals surface area (Å²) in [5.74, 6) is 0.987. The minimum absolute atomic E-state index is 0.138. The predicted molar refractivity (Wildman–Crippen MR) is 110 cm³/mol. The Balaban J connectivity index is 1.76. The molecule has 0 spiro atoms. The number of nitrogens with zero attached hydrogens (tertiary/aromatic N) is 5. The molecular weight excluding hydrogens is 416 g/mol. The van der Waals surface area contributed by atoms with Gasteiger partial charge in [0.2, 0.25) is 10.0 Å². The Labute approximate surface area is 173 Å². The average Bonchev–Trinajstić information content (AvgIpc) is 3.20. The van der Waals surface area contributed by atoms with Crippen LogP contribution in [0.15, 0.2) is 24.7 Å². The fourth-order valence-corrected chi connectivity index (χ4v) is 3.90. The van der Waals surface area contributed by atoms with Crippen molar-refractivity contribution in [3.8, 4) is 11.4 Å². The Bertz CT molecular complexity index is 1040. The highest BCUT2D eigenvalue weighted by Crippen LogP contribution is 2.24. The van der Waals surface area contributed by atoms with Crippen molar-refractivity contribution in [3.63, 3.8) is 0 Å². The lowest BCUT2D eigenvalue weighted by Gasteiger charge is -2.37. The van der Waals surface area contributed by atoms with E-state index in [0.717, 1.165) is 25.5 Å². The van der Waals surface area contributed by atoms with Crippen molar-refractivity contribution in [2.45, 2.75) is 25.3 Å². The van der Waals surface area contributed by atoms with Gasteiger partial charge < -0.3 is 9.88 Å². The van der Waals surface area contributed by atoms with Crippen LogP contribution in [0.3, 0.4) is 0 Å². The van der Waals surface area contributed by atoms with Gasteiger partial charge in [0.1, 0.15) is 18.0 Å². The SMILES string of the molecule is CN(C1CCCN(c2cc(-c3cnc(/C=C\C(=N)C(F)F)[nH]3)ncn2)C1)S(C)(=O)=O. The molecule has 1 saturated heterocycles. The highest BCUT2D eigenvalue weighted by Gasteiger charge is 2.28. The molecule has 2 aromatic heterocycles. The van der Waals surface area contributed by atoms with E-state index in [1.165, 1.54) is 29.2 Å². The number of hydrogen-bond donors (Lipinski definition) is 2. The van der Waals surface area contributed by atoms with Crippen LogP contribution in [0.2, 0.25) is 0 Å². The van der Waals surface area contributed by atoms with Gasteiger partial charge >= 0.3 is 0 Å². The standard InChI is InChI=1S/C18H23F2N7O2S/c1-26(30(2,28)29)12-4-3-7-27(10-12)17-8-14(23-11-24-17)15-9-22-16(25-15)6-5-13(21)18(19)20/h5-6,8-9,11-12,18,21H,3-4,7,10H2,1-2H3,(H,22,25)/b6-5-,21-13?. The maximum Gasteiger partial charge on any atom is 0.279 e. The zero-order valence-corrected chi connectivity index (χ0v) is 17.4. The number of rotatable bonds is 7. The number of imidazole rings is 1. The molecule has 0 saturated carbocycles. The minimum atomic E-state index is -3.28. The molecule has 1 unspecified atom stereocenters. The highest BCUT2D eigenvalue weighted by molar-refractivity contribution is 7.88. The van der Waals surface area contributed by atoms with E-state index in [9.17, 15) is 17.2 Å². The fourth-order valence-electron chi connectivity index (χ4n) is 3.19. The molecule has 2 N–H and O–H groups in total. The quantitative estimate of drug-likeness (QED) is 0.637. The van der Waals surface area contributed by atoms with Gasteiger partial charge in [-0.2, -0.15) is 0 Å². The molecule has 0 bridgehead atoms. The Morgan fingerprint density at radius 1 is 1.40 bits per heavy atom. The van der Waals surface area contributed by atoms with Gasteiger partial charge in [-0.3, -0.25) is 5.41 Å². The molecule has 1 aliphatic rings. The van der Waals surface area contributed by atoms with Crippen molar-refractivity contribution in [2.24, 2.45) is 0 Å². The molecule has 1 aliphatic heterocycles. The average molecular weight is 439 g/mol. The number of alkyl halides is 2. The van der Waals surface area contributed by atoms with Crippen molar-refractivity contribution in [3.05, 3.63) is 30.5 Å². The van der Waals surface area contributed by atoms with E-state index in [0.29, 0.717) is 29.6 Å². The summed E-state index contributed by atoms with van der Waals surface area (Å²) in [7, 11) is -1.70. The van der Waals surface area contributed by atoms with Crippen molar-refractivity contribution >= 4 is 27.6 Å². The number of aromatic nitrogens is 4. The molecule has 0 amide bonds. The Morgan fingerprint density at radius 3 is 2.87 bits per heavy atom. The summed E-state index contributed by atoms with van der Waals surface area (Å²) in [5.41, 5.74) is 0.342. The van der Waals surface area contributed by atoms with Gasteiger partial charge in [0, 0.05) is 32.2 Å². The van der Waals surface area contributed by atoms with Crippen LogP contribution in [-0.2, 0) is 10.0 Å². The van der Waals surface area contributed by atoms with E-state index >= 15 is 0 Å². The summed E-state index contributed by atoms with van der Waals surface area (Å²) >= 11 is 0. The topological polar surface area (TPSA) is 119 Å². The number of piperidine rings is 1. The first-order valence-electron chi connectivity index (χ1n) is 9.25. The van der Waals surface area contributed by atoms with Crippen molar-refractivity contribution in [1.82, 2.24) is 24.2 Å². The number of allylic oxidation sites excluding steroid dienone is 1. The first-order chi connectivity index (χ1) is 14.1. The predicted octanol–water partition coefficient (Wildman–Crippen LogP) is 2.02. The normalized spacial score (nSPS) is 17.9. The lowest BCUT2D eigenvalue weighted by atomic mass is 10.1. The Hall–Kier alpha value is -2.73. The van der Waals surface area contributed by atoms with Crippen LogP contribution >= 0.6 is 0 Å². The van der Waals surface area contributed by atoms with Crippen molar-refractivity contribution in [1.29, 1.82) is 5.41 Å². The fraction of sp³-hybridized carbons (Fsp3) is 0.444. The third-order valence-electron chi connectivity index (χ3n) is 4.94. The van der Waals surface area contributed by atoms with Gasteiger partial charge in [-0.05, 0) is 25.0 Å². The van der Waals surface area contributed by atoms with Crippen molar-refractivity contribution in [2.75, 3.05) is 31.3 Å². The second-order valence-corrected chi connectivity index (χ2v) is 9.10. The monoisotopic (exact) mass is 439 g/mol. The van der Waals surface area contributed by atoms with E-state index in [1.54, 1.807) is 13.1 Å². The largest absolute Gasteiger partial charge is 0.355 e. The van der Waals surface area contributed by atoms with Crippen LogP contribution in [-0.4, -0.2) is 77.2 Å². The Kier molecular flexibility index (Phi) is 6.56. The number of nitrogens with one attached hydrogen (secondary N) is 2. The maximum atomic E-state index is 12.4. The van der Waals surface area contributed by atoms with Crippen LogP contribution in [0, 0.1) is 5.41 Å². The van der Waals surface area contributed by atoms with Gasteiger partial charge in [-0.1, -0.05) is 0 Å². The molecular formula is C18H23F2N7O2S. The van der Waals surface area contributed by atoms with Crippen LogP contribution < -0.4 is 4.90 Å². The molecule has 12 heteroatoms. The van der Waals surface area contributed by atoms with E-state index in [1.807, 2.05) is 4.90 Å². The summed E-state index contributed by atoms with van der Waals surface area (Å²) in [6.45, 7) is 1.27. The van der Waals surface area contributed by atoms with E-state index in [2.05, 4.69) is 19.9 Å². The molecule has 3 rings (SSSR count). The third kappa shape index (κ3) is 5.25. The summed E-state index contributed by atoms with van der Waals surface area (Å²) in [4.78, 5) is 17.6. The van der Waals surface area contributed by atoms with Crippen LogP contribution in [0.4, 0.5) is 14.6 Å². The molecule has 162 valence electrons. The number of halogens is 2. The van der Waals surface area contributed by atoms with Gasteiger partial charge in [-0.25, -0.2) is 36.5 Å². The molecule has 0 aromatic carbocycles. The van der Waals surface area contributed by atoms with E-state index < -0.39 is 22.2 Å². The molecule has 9 nitrogen and oxygen atoms in total. The second kappa shape index (κ2) is 8.96. The van der Waals surface area contributed by atoms with E-state index in [-0.39, 0.29) is 6.04 Å². The summed E-state index contributed by atoms with van der Waals surface area (Å²) in [5, 5.41) is 7.14. The summed E-state index contributed by atoms with van der Waals surface area (Å²) < 4.78 is 49.9. The molecule has 0 aliphatic carbocycles. The lowest BCUT2D eigenvalue weighted by molar-refractivity contribution is 0.226. The number of sulfonamides is 1. The lowest BCUT2D eigenvalue weighted by Crippen LogP contribution is -2.48. The molecule has 2 aromatic rings. The zero-order valence-electron chi connectivity index (χ0n) is 16.6. The van der Waals surface area contributed by atoms with E-state index in [4.69, 9.17) is 5.41 Å². The number of likely N-dealkylation sites (N-methyl/N-ethyl adjacent to an activating group) is 1. The van der Waals surface area contributed by atoms with Gasteiger partial charge in [-0.15, -0.1) is 0 Å². The molecule has 30 heavy (non-hydrogen) atoms. The maximum absolute atomic E-state index is 12.4. The number of aromatic amines is 1. The second-order valence-electron chi connectivity index (χ2n) is 7.05. The summed E-state index contributed by atoms with van der Waals surface area (Å²) in [6, 6.07) is 1.63. The zero-order chi connectivity index (χ0) is 21.9. The first-order valence-corrected chi connectivity index (χ1v) is 11.1. The van der Waals surface area contributed by atoms with Crippen molar-refractivity contribution < 1.29 is 17.2 Å². The van der Waals surface area contributed by atoms with Crippen LogP contribution in [0.25, 0.3) is 17.5 Å². The highest BCUT2D eigenvalue weighted by atomic mass is 32.2. The van der Waals surface area contributed by atoms with Gasteiger partial charge in [0.15, 0.2) is 0 Å². The first kappa shape index (κ1) is 22.0. The van der Waals surface area contributed by atoms with Crippen LogP contribution in [0.5, 0.6) is 0 Å². The summed E-state index contributed by atoms with van der Waals surface area (Å²) in [6.07, 6.45) is 5.20.